The number of hydrogen-bond donors (Lipinski definition) is 4. The second kappa shape index (κ2) is 41.0. The molecular weight excluding hydrogens is 761 g/mol. The van der Waals surface area contributed by atoms with Crippen LogP contribution in [0.1, 0.15) is 213 Å². The van der Waals surface area contributed by atoms with E-state index in [0.717, 1.165) is 70.6 Å². The molecule has 6 unspecified atom stereocenters. The largest absolute Gasteiger partial charge is 0.462 e. The predicted octanol–water partition coefficient (Wildman–Crippen LogP) is 11.1. The monoisotopic (exact) mass is 851 g/mol. The van der Waals surface area contributed by atoms with Gasteiger partial charge in [-0.25, -0.2) is 0 Å². The number of carbonyl (C=O) groups is 2. The van der Waals surface area contributed by atoms with Gasteiger partial charge >= 0.3 is 11.9 Å². The van der Waals surface area contributed by atoms with E-state index in [4.69, 9.17) is 18.9 Å². The molecule has 1 aliphatic rings. The number of unbranched alkanes of at least 4 members (excludes halogenated alkanes) is 24. The fourth-order valence-electron chi connectivity index (χ4n) is 7.37. The van der Waals surface area contributed by atoms with Crippen LogP contribution in [0.3, 0.4) is 0 Å². The summed E-state index contributed by atoms with van der Waals surface area (Å²) >= 11 is 0. The van der Waals surface area contributed by atoms with Crippen LogP contribution in [-0.2, 0) is 28.5 Å². The molecule has 4 N–H and O–H groups in total. The average molecular weight is 851 g/mol. The molecule has 1 heterocycles. The van der Waals surface area contributed by atoms with Crippen molar-refractivity contribution < 1.29 is 49.0 Å². The van der Waals surface area contributed by atoms with Crippen LogP contribution in [0.15, 0.2) is 36.5 Å². The van der Waals surface area contributed by atoms with Gasteiger partial charge in [-0.15, -0.1) is 0 Å². The van der Waals surface area contributed by atoms with Crippen LogP contribution in [-0.4, -0.2) is 89.0 Å². The first-order valence-electron chi connectivity index (χ1n) is 24.6. The summed E-state index contributed by atoms with van der Waals surface area (Å²) in [6.45, 7) is 3.40. The maximum Gasteiger partial charge on any atom is 0.306 e. The van der Waals surface area contributed by atoms with E-state index in [2.05, 4.69) is 50.3 Å². The summed E-state index contributed by atoms with van der Waals surface area (Å²) in [4.78, 5) is 25.4. The topological polar surface area (TPSA) is 152 Å². The van der Waals surface area contributed by atoms with Crippen LogP contribution >= 0.6 is 0 Å². The SMILES string of the molecule is CCCCC/C=C\C/C=C\C/C=C\CCCCCCCCC(=O)OC(COC(=O)CCCCCCCCCCCCCCCCCC)COC1OC(CO)C(O)C(O)C1O. The second-order valence-corrected chi connectivity index (χ2v) is 16.9. The summed E-state index contributed by atoms with van der Waals surface area (Å²) in [6, 6.07) is 0. The summed E-state index contributed by atoms with van der Waals surface area (Å²) in [5, 5.41) is 40.1. The maximum absolute atomic E-state index is 12.8. The summed E-state index contributed by atoms with van der Waals surface area (Å²) in [6.07, 6.45) is 40.0. The van der Waals surface area contributed by atoms with Crippen LogP contribution in [0.25, 0.3) is 0 Å². The molecule has 6 atom stereocenters. The minimum Gasteiger partial charge on any atom is -0.462 e. The Morgan fingerprint density at radius 2 is 0.933 bits per heavy atom. The van der Waals surface area contributed by atoms with Crippen molar-refractivity contribution in [1.82, 2.24) is 0 Å². The number of carbonyl (C=O) groups excluding carboxylic acids is 2. The highest BCUT2D eigenvalue weighted by Gasteiger charge is 2.44. The molecular formula is C50H90O10. The Kier molecular flexibility index (Phi) is 38.2. The van der Waals surface area contributed by atoms with Gasteiger partial charge in [0.25, 0.3) is 0 Å². The van der Waals surface area contributed by atoms with Crippen molar-refractivity contribution in [3.8, 4) is 0 Å². The highest BCUT2D eigenvalue weighted by Crippen LogP contribution is 2.23. The quantitative estimate of drug-likeness (QED) is 0.0266. The maximum atomic E-state index is 12.8. The van der Waals surface area contributed by atoms with Crippen molar-refractivity contribution in [3.05, 3.63) is 36.5 Å². The Morgan fingerprint density at radius 3 is 1.43 bits per heavy atom. The molecule has 1 aliphatic heterocycles. The third-order valence-electron chi connectivity index (χ3n) is 11.3. The van der Waals surface area contributed by atoms with Crippen molar-refractivity contribution in [2.45, 2.75) is 250 Å². The molecule has 1 fully saturated rings. The van der Waals surface area contributed by atoms with Crippen LogP contribution in [0.5, 0.6) is 0 Å². The smallest absolute Gasteiger partial charge is 0.306 e. The first-order valence-corrected chi connectivity index (χ1v) is 24.6. The molecule has 0 aromatic carbocycles. The van der Waals surface area contributed by atoms with E-state index >= 15 is 0 Å². The Morgan fingerprint density at radius 1 is 0.517 bits per heavy atom. The third kappa shape index (κ3) is 31.7. The lowest BCUT2D eigenvalue weighted by molar-refractivity contribution is -0.305. The van der Waals surface area contributed by atoms with E-state index in [1.165, 1.54) is 109 Å². The van der Waals surface area contributed by atoms with Crippen LogP contribution < -0.4 is 0 Å². The summed E-state index contributed by atoms with van der Waals surface area (Å²) in [5.41, 5.74) is 0. The molecule has 0 saturated carbocycles. The van der Waals surface area contributed by atoms with Gasteiger partial charge in [0.1, 0.15) is 31.0 Å². The normalized spacial score (nSPS) is 20.1. The molecule has 350 valence electrons. The van der Waals surface area contributed by atoms with Gasteiger partial charge in [0.05, 0.1) is 13.2 Å². The summed E-state index contributed by atoms with van der Waals surface area (Å²) in [7, 11) is 0. The van der Waals surface area contributed by atoms with Gasteiger partial charge in [-0.05, 0) is 51.4 Å². The zero-order valence-corrected chi connectivity index (χ0v) is 38.2. The lowest BCUT2D eigenvalue weighted by Crippen LogP contribution is -2.59. The lowest BCUT2D eigenvalue weighted by atomic mass is 9.99. The van der Waals surface area contributed by atoms with E-state index in [1.54, 1.807) is 0 Å². The number of aliphatic hydroxyl groups excluding tert-OH is 4. The first kappa shape index (κ1) is 55.9. The zero-order chi connectivity index (χ0) is 43.7. The standard InChI is InChI=1S/C50H90O10/c1-3-5-7-9-11-13-15-17-19-21-22-23-25-27-29-31-33-35-37-39-46(53)59-43(42-58-50-49(56)48(55)47(54)44(40-51)60-50)41-57-45(52)38-36-34-32-30-28-26-24-20-18-16-14-12-10-8-6-4-2/h11,13,17,19,22-23,43-44,47-51,54-56H,3-10,12,14-16,18,20-21,24-42H2,1-2H3/b13-11-,19-17-,23-22-. The first-order chi connectivity index (χ1) is 29.3. The molecule has 0 spiro atoms. The van der Waals surface area contributed by atoms with Crippen molar-refractivity contribution in [2.75, 3.05) is 19.8 Å². The van der Waals surface area contributed by atoms with Gasteiger partial charge in [0, 0.05) is 12.8 Å². The third-order valence-corrected chi connectivity index (χ3v) is 11.3. The number of rotatable bonds is 41. The molecule has 0 radical (unpaired) electrons. The number of hydrogen-bond acceptors (Lipinski definition) is 10. The molecule has 0 aromatic rings. The van der Waals surface area contributed by atoms with Crippen LogP contribution in [0, 0.1) is 0 Å². The molecule has 0 aromatic heterocycles. The van der Waals surface area contributed by atoms with Gasteiger partial charge in [-0.3, -0.25) is 9.59 Å². The van der Waals surface area contributed by atoms with Crippen LogP contribution in [0.2, 0.25) is 0 Å². The Bertz CT molecular complexity index is 1080. The Hall–Kier alpha value is -2.08. The minimum absolute atomic E-state index is 0.217. The molecule has 1 saturated heterocycles. The number of esters is 2. The summed E-state index contributed by atoms with van der Waals surface area (Å²) in [5.74, 6) is -0.813. The summed E-state index contributed by atoms with van der Waals surface area (Å²) < 4.78 is 22.2. The molecule has 10 heteroatoms. The Balaban J connectivity index is 2.30. The van der Waals surface area contributed by atoms with Gasteiger partial charge < -0.3 is 39.4 Å². The van der Waals surface area contributed by atoms with Gasteiger partial charge in [0.15, 0.2) is 12.4 Å². The second-order valence-electron chi connectivity index (χ2n) is 16.9. The molecule has 0 aliphatic carbocycles. The van der Waals surface area contributed by atoms with E-state index in [-0.39, 0.29) is 32.0 Å². The molecule has 1 rings (SSSR count). The average Bonchev–Trinajstić information content (AvgIpc) is 3.25. The van der Waals surface area contributed by atoms with E-state index in [9.17, 15) is 30.0 Å². The zero-order valence-electron chi connectivity index (χ0n) is 38.2. The van der Waals surface area contributed by atoms with Crippen molar-refractivity contribution in [2.24, 2.45) is 0 Å². The molecule has 0 amide bonds. The molecule has 10 nitrogen and oxygen atoms in total. The highest BCUT2D eigenvalue weighted by atomic mass is 16.7. The Labute approximate surface area is 366 Å². The predicted molar refractivity (Wildman–Crippen MR) is 242 cm³/mol. The van der Waals surface area contributed by atoms with E-state index in [0.29, 0.717) is 6.42 Å². The van der Waals surface area contributed by atoms with Crippen molar-refractivity contribution in [3.63, 3.8) is 0 Å². The van der Waals surface area contributed by atoms with Gasteiger partial charge in [-0.2, -0.15) is 0 Å². The molecule has 0 bridgehead atoms. The van der Waals surface area contributed by atoms with E-state index in [1.807, 2.05) is 0 Å². The number of aliphatic hydroxyl groups is 4. The fourth-order valence-corrected chi connectivity index (χ4v) is 7.37. The van der Waals surface area contributed by atoms with Gasteiger partial charge in [-0.1, -0.05) is 185 Å². The highest BCUT2D eigenvalue weighted by molar-refractivity contribution is 5.70. The minimum atomic E-state index is -1.60. The fraction of sp³-hybridized carbons (Fsp3) is 0.840. The van der Waals surface area contributed by atoms with Crippen molar-refractivity contribution >= 4 is 11.9 Å². The molecule has 60 heavy (non-hydrogen) atoms. The van der Waals surface area contributed by atoms with E-state index < -0.39 is 49.4 Å². The van der Waals surface area contributed by atoms with Crippen LogP contribution in [0.4, 0.5) is 0 Å². The van der Waals surface area contributed by atoms with Crippen molar-refractivity contribution in [1.29, 1.82) is 0 Å². The van der Waals surface area contributed by atoms with Gasteiger partial charge in [0.2, 0.25) is 0 Å². The lowest BCUT2D eigenvalue weighted by Gasteiger charge is -2.39. The number of allylic oxidation sites excluding steroid dienone is 6. The number of ether oxygens (including phenoxy) is 4.